The van der Waals surface area contributed by atoms with Crippen LogP contribution in [-0.4, -0.2) is 0 Å². The van der Waals surface area contributed by atoms with E-state index in [9.17, 15) is 4.39 Å². The maximum atomic E-state index is 12.9. The Bertz CT molecular complexity index is 549. The van der Waals surface area contributed by atoms with E-state index in [1.54, 1.807) is 12.1 Å². The molecule has 2 aromatic carbocycles. The zero-order valence-electron chi connectivity index (χ0n) is 12.6. The van der Waals surface area contributed by atoms with Gasteiger partial charge in [0.25, 0.3) is 0 Å². The summed E-state index contributed by atoms with van der Waals surface area (Å²) in [4.78, 5) is 0. The largest absolute Gasteiger partial charge is 0.379 e. The zero-order chi connectivity index (χ0) is 14.8. The fraction of sp³-hybridized carbons (Fsp3) is 0.333. The predicted octanol–water partition coefficient (Wildman–Crippen LogP) is 5.30. The topological polar surface area (TPSA) is 12.0 Å². The average molecular weight is 271 g/mol. The van der Waals surface area contributed by atoms with E-state index in [0.717, 1.165) is 5.69 Å². The highest BCUT2D eigenvalue weighted by Gasteiger charge is 2.14. The Kier molecular flexibility index (Phi) is 4.12. The number of halogens is 1. The molecule has 0 saturated carbocycles. The molecule has 0 aliphatic carbocycles. The summed E-state index contributed by atoms with van der Waals surface area (Å²) in [5.74, 6) is -0.210. The summed E-state index contributed by atoms with van der Waals surface area (Å²) in [6, 6.07) is 15.3. The Hall–Kier alpha value is -1.83. The van der Waals surface area contributed by atoms with Crippen LogP contribution in [0.1, 0.15) is 44.9 Å². The van der Waals surface area contributed by atoms with Gasteiger partial charge in [-0.05, 0) is 47.7 Å². The third kappa shape index (κ3) is 3.60. The average Bonchev–Trinajstić information content (AvgIpc) is 2.40. The third-order valence-electron chi connectivity index (χ3n) is 3.50. The molecule has 2 aromatic rings. The lowest BCUT2D eigenvalue weighted by Crippen LogP contribution is -2.12. The first-order chi connectivity index (χ1) is 9.36. The number of hydrogen-bond donors (Lipinski definition) is 1. The lowest BCUT2D eigenvalue weighted by Gasteiger charge is -2.21. The quantitative estimate of drug-likeness (QED) is 0.799. The lowest BCUT2D eigenvalue weighted by molar-refractivity contribution is 0.589. The van der Waals surface area contributed by atoms with Gasteiger partial charge >= 0.3 is 0 Å². The molecule has 0 saturated heterocycles. The van der Waals surface area contributed by atoms with Gasteiger partial charge in [-0.25, -0.2) is 4.39 Å². The maximum Gasteiger partial charge on any atom is 0.123 e. The third-order valence-corrected chi connectivity index (χ3v) is 3.50. The van der Waals surface area contributed by atoms with Crippen molar-refractivity contribution in [3.05, 3.63) is 65.5 Å². The summed E-state index contributed by atoms with van der Waals surface area (Å²) >= 11 is 0. The minimum atomic E-state index is -0.210. The summed E-state index contributed by atoms with van der Waals surface area (Å²) in [7, 11) is 0. The highest BCUT2D eigenvalue weighted by Crippen LogP contribution is 2.25. The van der Waals surface area contributed by atoms with Crippen molar-refractivity contribution in [3.8, 4) is 0 Å². The molecular weight excluding hydrogens is 249 g/mol. The van der Waals surface area contributed by atoms with Crippen LogP contribution >= 0.6 is 0 Å². The molecule has 0 radical (unpaired) electrons. The molecule has 2 rings (SSSR count). The van der Waals surface area contributed by atoms with Crippen LogP contribution in [0, 0.1) is 5.82 Å². The number of benzene rings is 2. The van der Waals surface area contributed by atoms with Gasteiger partial charge in [-0.1, -0.05) is 45.0 Å². The molecular formula is C18H22FN. The SMILES string of the molecule is CC(Nc1ccc(F)cc1)c1ccc(C(C)(C)C)cc1. The van der Waals surface area contributed by atoms with Gasteiger partial charge in [0, 0.05) is 11.7 Å². The second-order valence-corrected chi connectivity index (χ2v) is 6.24. The van der Waals surface area contributed by atoms with Gasteiger partial charge in [-0.3, -0.25) is 0 Å². The first-order valence-electron chi connectivity index (χ1n) is 6.99. The van der Waals surface area contributed by atoms with E-state index in [1.807, 2.05) is 0 Å². The van der Waals surface area contributed by atoms with Crippen LogP contribution in [0.5, 0.6) is 0 Å². The van der Waals surface area contributed by atoms with Gasteiger partial charge in [0.05, 0.1) is 0 Å². The minimum absolute atomic E-state index is 0.173. The predicted molar refractivity (Wildman–Crippen MR) is 83.6 cm³/mol. The van der Waals surface area contributed by atoms with Gasteiger partial charge in [0.1, 0.15) is 5.82 Å². The molecule has 0 spiro atoms. The van der Waals surface area contributed by atoms with Crippen molar-refractivity contribution in [1.82, 2.24) is 0 Å². The van der Waals surface area contributed by atoms with E-state index in [-0.39, 0.29) is 17.3 Å². The second kappa shape index (κ2) is 5.66. The van der Waals surface area contributed by atoms with Gasteiger partial charge < -0.3 is 5.32 Å². The van der Waals surface area contributed by atoms with E-state index in [4.69, 9.17) is 0 Å². The normalized spacial score (nSPS) is 13.1. The standard InChI is InChI=1S/C18H22FN/c1-13(20-17-11-9-16(19)10-12-17)14-5-7-15(8-6-14)18(2,3)4/h5-13,20H,1-4H3. The molecule has 0 amide bonds. The van der Waals surface area contributed by atoms with Gasteiger partial charge in [-0.15, -0.1) is 0 Å². The van der Waals surface area contributed by atoms with E-state index >= 15 is 0 Å². The Balaban J connectivity index is 2.09. The molecule has 0 aliphatic heterocycles. The van der Waals surface area contributed by atoms with Crippen LogP contribution in [0.2, 0.25) is 0 Å². The molecule has 0 bridgehead atoms. The van der Waals surface area contributed by atoms with Crippen molar-refractivity contribution in [3.63, 3.8) is 0 Å². The zero-order valence-corrected chi connectivity index (χ0v) is 12.6. The second-order valence-electron chi connectivity index (χ2n) is 6.24. The molecule has 0 heterocycles. The maximum absolute atomic E-state index is 12.9. The summed E-state index contributed by atoms with van der Waals surface area (Å²) in [5.41, 5.74) is 3.66. The molecule has 0 aliphatic rings. The molecule has 20 heavy (non-hydrogen) atoms. The fourth-order valence-electron chi connectivity index (χ4n) is 2.15. The van der Waals surface area contributed by atoms with Crippen molar-refractivity contribution < 1.29 is 4.39 Å². The molecule has 1 nitrogen and oxygen atoms in total. The summed E-state index contributed by atoms with van der Waals surface area (Å²) in [6.45, 7) is 8.74. The van der Waals surface area contributed by atoms with E-state index in [0.29, 0.717) is 0 Å². The van der Waals surface area contributed by atoms with Gasteiger partial charge in [0.15, 0.2) is 0 Å². The van der Waals surface area contributed by atoms with Crippen LogP contribution in [0.25, 0.3) is 0 Å². The van der Waals surface area contributed by atoms with E-state index < -0.39 is 0 Å². The van der Waals surface area contributed by atoms with E-state index in [2.05, 4.69) is 57.3 Å². The van der Waals surface area contributed by atoms with Crippen molar-refractivity contribution in [2.45, 2.75) is 39.2 Å². The number of hydrogen-bond acceptors (Lipinski definition) is 1. The molecule has 1 unspecified atom stereocenters. The van der Waals surface area contributed by atoms with Crippen LogP contribution in [0.3, 0.4) is 0 Å². The smallest absolute Gasteiger partial charge is 0.123 e. The van der Waals surface area contributed by atoms with Crippen molar-refractivity contribution in [1.29, 1.82) is 0 Å². The van der Waals surface area contributed by atoms with Crippen LogP contribution in [-0.2, 0) is 5.41 Å². The molecule has 0 aromatic heterocycles. The molecule has 1 atom stereocenters. The Morgan fingerprint density at radius 1 is 0.900 bits per heavy atom. The summed E-state index contributed by atoms with van der Waals surface area (Å²) in [6.07, 6.45) is 0. The number of nitrogens with one attached hydrogen (secondary N) is 1. The first-order valence-corrected chi connectivity index (χ1v) is 6.99. The summed E-state index contributed by atoms with van der Waals surface area (Å²) < 4.78 is 12.9. The molecule has 1 N–H and O–H groups in total. The monoisotopic (exact) mass is 271 g/mol. The highest BCUT2D eigenvalue weighted by atomic mass is 19.1. The molecule has 0 fully saturated rings. The number of rotatable bonds is 3. The molecule has 2 heteroatoms. The van der Waals surface area contributed by atoms with Crippen molar-refractivity contribution in [2.75, 3.05) is 5.32 Å². The fourth-order valence-corrected chi connectivity index (χ4v) is 2.15. The first kappa shape index (κ1) is 14.6. The summed E-state index contributed by atoms with van der Waals surface area (Å²) in [5, 5.41) is 3.38. The van der Waals surface area contributed by atoms with E-state index in [1.165, 1.54) is 23.3 Å². The van der Waals surface area contributed by atoms with Crippen molar-refractivity contribution >= 4 is 5.69 Å². The highest BCUT2D eigenvalue weighted by molar-refractivity contribution is 5.45. The van der Waals surface area contributed by atoms with Gasteiger partial charge in [-0.2, -0.15) is 0 Å². The van der Waals surface area contributed by atoms with Crippen LogP contribution < -0.4 is 5.32 Å². The Morgan fingerprint density at radius 2 is 1.45 bits per heavy atom. The van der Waals surface area contributed by atoms with Crippen molar-refractivity contribution in [2.24, 2.45) is 0 Å². The minimum Gasteiger partial charge on any atom is -0.379 e. The molecule has 106 valence electrons. The van der Waals surface area contributed by atoms with Gasteiger partial charge in [0.2, 0.25) is 0 Å². The Labute approximate surface area is 120 Å². The number of anilines is 1. The van der Waals surface area contributed by atoms with Crippen LogP contribution in [0.15, 0.2) is 48.5 Å². The lowest BCUT2D eigenvalue weighted by atomic mass is 9.86. The van der Waals surface area contributed by atoms with Crippen LogP contribution in [0.4, 0.5) is 10.1 Å². The Morgan fingerprint density at radius 3 is 1.95 bits per heavy atom.